The second-order valence-corrected chi connectivity index (χ2v) is 13.3. The normalized spacial score (nSPS) is 21.2. The number of nitrogen functional groups attached to an aromatic ring is 1. The summed E-state index contributed by atoms with van der Waals surface area (Å²) in [6.07, 6.45) is 10.9. The van der Waals surface area contributed by atoms with E-state index in [0.717, 1.165) is 60.8 Å². The predicted molar refractivity (Wildman–Crippen MR) is 143 cm³/mol. The largest absolute Gasteiger partial charge is 0.598 e. The Balaban J connectivity index is 1.42. The number of nitrogens with one attached hydrogen (secondary N) is 1. The van der Waals surface area contributed by atoms with Crippen LogP contribution in [0.15, 0.2) is 24.7 Å². The van der Waals surface area contributed by atoms with Gasteiger partial charge in [0.25, 0.3) is 0 Å². The van der Waals surface area contributed by atoms with E-state index >= 15 is 0 Å². The highest BCUT2D eigenvalue weighted by atomic mass is 35.5. The zero-order valence-electron chi connectivity index (χ0n) is 20.8. The first-order valence-electron chi connectivity index (χ1n) is 12.3. The third-order valence-corrected chi connectivity index (χ3v) is 9.52. The van der Waals surface area contributed by atoms with Gasteiger partial charge in [-0.25, -0.2) is 15.0 Å². The highest BCUT2D eigenvalue weighted by molar-refractivity contribution is 7.90. The number of fused-ring (bicyclic) bond motifs is 1. The SMILES string of the molecule is Cc1nc(N2CCC3(CCC[C@H]3N[S+]([O-])C(C)(C)C)CC2)n2ccnc2c1-c1cc(N)ncc1Cl. The molecule has 35 heavy (non-hydrogen) atoms. The minimum Gasteiger partial charge on any atom is -0.598 e. The first-order valence-corrected chi connectivity index (χ1v) is 13.8. The summed E-state index contributed by atoms with van der Waals surface area (Å²) >= 11 is 5.43. The van der Waals surface area contributed by atoms with Crippen LogP contribution in [0.4, 0.5) is 11.8 Å². The second kappa shape index (κ2) is 9.10. The summed E-state index contributed by atoms with van der Waals surface area (Å²) in [5.74, 6) is 1.30. The van der Waals surface area contributed by atoms with Gasteiger partial charge in [-0.1, -0.05) is 18.0 Å². The van der Waals surface area contributed by atoms with Gasteiger partial charge < -0.3 is 15.2 Å². The minimum absolute atomic E-state index is 0.197. The number of piperidine rings is 1. The fourth-order valence-corrected chi connectivity index (χ4v) is 6.81. The summed E-state index contributed by atoms with van der Waals surface area (Å²) in [6, 6.07) is 2.08. The van der Waals surface area contributed by atoms with E-state index in [1.54, 1.807) is 18.5 Å². The number of nitrogens with zero attached hydrogens (tertiary/aromatic N) is 5. The number of aromatic nitrogens is 4. The van der Waals surface area contributed by atoms with E-state index in [1.807, 2.05) is 38.3 Å². The lowest BCUT2D eigenvalue weighted by atomic mass is 9.74. The van der Waals surface area contributed by atoms with Gasteiger partial charge in [0, 0.05) is 54.2 Å². The van der Waals surface area contributed by atoms with Crippen molar-refractivity contribution in [2.75, 3.05) is 23.7 Å². The van der Waals surface area contributed by atoms with Gasteiger partial charge >= 0.3 is 0 Å². The quantitative estimate of drug-likeness (QED) is 0.491. The van der Waals surface area contributed by atoms with Crippen molar-refractivity contribution in [3.05, 3.63) is 35.4 Å². The van der Waals surface area contributed by atoms with E-state index < -0.39 is 11.4 Å². The number of halogens is 1. The molecule has 3 aromatic heterocycles. The first-order chi connectivity index (χ1) is 16.6. The van der Waals surface area contributed by atoms with Crippen molar-refractivity contribution >= 4 is 40.4 Å². The maximum absolute atomic E-state index is 12.8. The number of aryl methyl sites for hydroxylation is 1. The van der Waals surface area contributed by atoms with E-state index in [4.69, 9.17) is 22.3 Å². The smallest absolute Gasteiger partial charge is 0.211 e. The van der Waals surface area contributed by atoms with Gasteiger partial charge in [-0.2, -0.15) is 0 Å². The molecule has 0 bridgehead atoms. The molecule has 4 heterocycles. The zero-order valence-corrected chi connectivity index (χ0v) is 22.4. The highest BCUT2D eigenvalue weighted by Gasteiger charge is 2.48. The number of hydrogen-bond donors (Lipinski definition) is 2. The van der Waals surface area contributed by atoms with Gasteiger partial charge in [-0.05, 0) is 64.9 Å². The topological polar surface area (TPSA) is 107 Å². The molecule has 188 valence electrons. The van der Waals surface area contributed by atoms with Crippen molar-refractivity contribution in [2.45, 2.75) is 70.6 Å². The number of anilines is 2. The van der Waals surface area contributed by atoms with Gasteiger partial charge in [0.1, 0.15) is 16.2 Å². The summed E-state index contributed by atoms with van der Waals surface area (Å²) in [7, 11) is 0. The van der Waals surface area contributed by atoms with Crippen LogP contribution >= 0.6 is 11.6 Å². The molecule has 3 aromatic rings. The van der Waals surface area contributed by atoms with Gasteiger partial charge in [0.05, 0.1) is 16.8 Å². The number of imidazole rings is 1. The van der Waals surface area contributed by atoms with Crippen LogP contribution in [-0.2, 0) is 11.4 Å². The molecule has 0 radical (unpaired) electrons. The Morgan fingerprint density at radius 3 is 2.69 bits per heavy atom. The second-order valence-electron chi connectivity index (χ2n) is 10.9. The highest BCUT2D eigenvalue weighted by Crippen LogP contribution is 2.47. The number of hydrogen-bond acceptors (Lipinski definition) is 7. The fraction of sp³-hybridized carbons (Fsp3) is 0.560. The van der Waals surface area contributed by atoms with Crippen LogP contribution in [0.25, 0.3) is 16.8 Å². The lowest BCUT2D eigenvalue weighted by Gasteiger charge is -2.44. The predicted octanol–water partition coefficient (Wildman–Crippen LogP) is 4.53. The van der Waals surface area contributed by atoms with Crippen LogP contribution in [0, 0.1) is 12.3 Å². The van der Waals surface area contributed by atoms with Crippen LogP contribution in [0.5, 0.6) is 0 Å². The van der Waals surface area contributed by atoms with Crippen molar-refractivity contribution in [1.29, 1.82) is 0 Å². The lowest BCUT2D eigenvalue weighted by Crippen LogP contribution is -2.53. The maximum atomic E-state index is 12.8. The van der Waals surface area contributed by atoms with Crippen LogP contribution in [0.1, 0.15) is 58.6 Å². The molecule has 3 N–H and O–H groups in total. The Morgan fingerprint density at radius 2 is 1.97 bits per heavy atom. The van der Waals surface area contributed by atoms with Crippen molar-refractivity contribution in [3.8, 4) is 11.1 Å². The molecule has 10 heteroatoms. The maximum Gasteiger partial charge on any atom is 0.211 e. The monoisotopic (exact) mass is 515 g/mol. The van der Waals surface area contributed by atoms with Crippen molar-refractivity contribution in [1.82, 2.24) is 24.1 Å². The third kappa shape index (κ3) is 4.48. The van der Waals surface area contributed by atoms with Crippen LogP contribution < -0.4 is 15.4 Å². The zero-order chi connectivity index (χ0) is 25.0. The average molecular weight is 516 g/mol. The molecule has 8 nitrogen and oxygen atoms in total. The molecule has 0 aromatic carbocycles. The minimum atomic E-state index is -1.05. The average Bonchev–Trinajstić information content (AvgIpc) is 3.43. The molecule has 1 saturated carbocycles. The summed E-state index contributed by atoms with van der Waals surface area (Å²) in [4.78, 5) is 16.1. The number of nitrogens with two attached hydrogens (primary N) is 1. The Hall–Kier alpha value is -2.07. The molecule has 0 amide bonds. The van der Waals surface area contributed by atoms with Crippen molar-refractivity contribution in [2.24, 2.45) is 5.41 Å². The van der Waals surface area contributed by atoms with Crippen molar-refractivity contribution < 1.29 is 4.55 Å². The van der Waals surface area contributed by atoms with E-state index in [1.165, 1.54) is 12.8 Å². The Labute approximate surface area is 215 Å². The molecule has 1 saturated heterocycles. The molecule has 2 fully saturated rings. The fourth-order valence-electron chi connectivity index (χ4n) is 5.64. The Kier molecular flexibility index (Phi) is 6.40. The van der Waals surface area contributed by atoms with Gasteiger partial charge in [0.15, 0.2) is 0 Å². The molecule has 5 rings (SSSR count). The standard InChI is InChI=1S/C25H34ClN7OS/c1-16-21(17-14-20(27)29-15-18(17)26)22-28-10-13-33(22)23(30-16)32-11-8-25(9-12-32)7-5-6-19(25)31-35(34)24(2,3)4/h10,13-15,19,31H,5-9,11-12H2,1-4H3,(H2,27,29)/t19-,35?/m1/s1. The number of pyridine rings is 1. The molecule has 1 aliphatic heterocycles. The Morgan fingerprint density at radius 1 is 1.23 bits per heavy atom. The summed E-state index contributed by atoms with van der Waals surface area (Å²) in [5, 5.41) is 0.522. The van der Waals surface area contributed by atoms with Crippen LogP contribution in [-0.4, -0.2) is 47.8 Å². The van der Waals surface area contributed by atoms with Crippen LogP contribution in [0.3, 0.4) is 0 Å². The van der Waals surface area contributed by atoms with Crippen LogP contribution in [0.2, 0.25) is 5.02 Å². The van der Waals surface area contributed by atoms with E-state index in [0.29, 0.717) is 16.9 Å². The molecule has 2 atom stereocenters. The molecular weight excluding hydrogens is 482 g/mol. The first kappa shape index (κ1) is 24.6. The summed E-state index contributed by atoms with van der Waals surface area (Å²) in [5.41, 5.74) is 9.47. The van der Waals surface area contributed by atoms with Gasteiger partial charge in [0.2, 0.25) is 5.95 Å². The summed E-state index contributed by atoms with van der Waals surface area (Å²) < 4.78 is 18.1. The van der Waals surface area contributed by atoms with Gasteiger partial charge in [-0.3, -0.25) is 4.40 Å². The molecule has 1 unspecified atom stereocenters. The molecule has 1 aliphatic carbocycles. The van der Waals surface area contributed by atoms with E-state index in [9.17, 15) is 4.55 Å². The van der Waals surface area contributed by atoms with E-state index in [-0.39, 0.29) is 10.2 Å². The summed E-state index contributed by atoms with van der Waals surface area (Å²) in [6.45, 7) is 9.89. The van der Waals surface area contributed by atoms with Gasteiger partial charge in [-0.15, -0.1) is 4.72 Å². The lowest BCUT2D eigenvalue weighted by molar-refractivity contribution is 0.186. The third-order valence-electron chi connectivity index (χ3n) is 7.61. The molecular formula is C25H34ClN7OS. The van der Waals surface area contributed by atoms with Crippen molar-refractivity contribution in [3.63, 3.8) is 0 Å². The molecule has 2 aliphatic rings. The van der Waals surface area contributed by atoms with E-state index in [2.05, 4.69) is 19.6 Å². The number of rotatable bonds is 4. The Bertz CT molecular complexity index is 1230. The molecule has 1 spiro atoms.